The smallest absolute Gasteiger partial charge is 0.332 e. The van der Waals surface area contributed by atoms with Crippen LogP contribution in [0.5, 0.6) is 0 Å². The van der Waals surface area contributed by atoms with E-state index >= 15 is 0 Å². The van der Waals surface area contributed by atoms with E-state index in [1.54, 1.807) is 24.5 Å². The topological polar surface area (TPSA) is 228 Å². The Morgan fingerprint density at radius 3 is 1.31 bits per heavy atom. The molecule has 10 aromatic rings. The summed E-state index contributed by atoms with van der Waals surface area (Å²) in [5, 5.41) is 41.2. The van der Waals surface area contributed by atoms with Crippen molar-refractivity contribution in [1.82, 2.24) is 34.8 Å². The number of hydrogen-bond acceptors (Lipinski definition) is 11. The van der Waals surface area contributed by atoms with Gasteiger partial charge in [0, 0.05) is 76.9 Å². The summed E-state index contributed by atoms with van der Waals surface area (Å²) >= 11 is 0. The summed E-state index contributed by atoms with van der Waals surface area (Å²) < 4.78 is 2.82. The molecule has 77 heavy (non-hydrogen) atoms. The van der Waals surface area contributed by atoms with Crippen LogP contribution in [0.4, 0.5) is 0 Å². The molecule has 6 N–H and O–H groups in total. The van der Waals surface area contributed by atoms with Gasteiger partial charge < -0.3 is 26.4 Å². The fraction of sp³-hybridized carbons (Fsp3) is 0.0968. The van der Waals surface area contributed by atoms with Gasteiger partial charge in [-0.15, -0.1) is 0 Å². The number of nitrogens with zero attached hydrogens (tertiary/aromatic N) is 6. The van der Waals surface area contributed by atoms with Crippen LogP contribution in [-0.2, 0) is 22.4 Å². The molecule has 1 amide bonds. The number of benzene rings is 6. The van der Waals surface area contributed by atoms with Crippen LogP contribution in [0.3, 0.4) is 0 Å². The Kier molecular flexibility index (Phi) is 15.0. The normalized spacial score (nSPS) is 12.8. The Morgan fingerprint density at radius 2 is 0.909 bits per heavy atom. The van der Waals surface area contributed by atoms with Crippen LogP contribution in [0, 0.1) is 0 Å². The van der Waals surface area contributed by atoms with Gasteiger partial charge in [0.25, 0.3) is 11.8 Å². The van der Waals surface area contributed by atoms with E-state index in [2.05, 4.69) is 15.3 Å². The van der Waals surface area contributed by atoms with E-state index in [0.717, 1.165) is 55.2 Å². The number of amides is 1. The second-order valence-electron chi connectivity index (χ2n) is 17.9. The minimum absolute atomic E-state index is 0.0578. The van der Waals surface area contributed by atoms with Crippen molar-refractivity contribution >= 4 is 56.6 Å². The summed E-state index contributed by atoms with van der Waals surface area (Å²) in [4.78, 5) is 62.6. The largest absolute Gasteiger partial charge is 0.478 e. The number of aromatic nitrogens is 6. The molecule has 0 aliphatic carbocycles. The summed E-state index contributed by atoms with van der Waals surface area (Å²) in [5.74, 6) is -2.33. The first kappa shape index (κ1) is 50.7. The minimum atomic E-state index is -1.12. The maximum atomic E-state index is 14.2. The van der Waals surface area contributed by atoms with Gasteiger partial charge in [0.05, 0.1) is 52.4 Å². The fourth-order valence-electron chi connectivity index (χ4n) is 9.67. The molecule has 0 spiro atoms. The quantitative estimate of drug-likeness (QED) is 0.0818. The lowest BCUT2D eigenvalue weighted by Gasteiger charge is -2.22. The average molecular weight is 1020 g/mol. The number of carboxylic acid groups (broad SMARTS) is 1. The second-order valence-corrected chi connectivity index (χ2v) is 17.9. The van der Waals surface area contributed by atoms with Crippen molar-refractivity contribution in [2.75, 3.05) is 26.3 Å². The monoisotopic (exact) mass is 1020 g/mol. The average Bonchev–Trinajstić information content (AvgIpc) is 4.22. The highest BCUT2D eigenvalue weighted by molar-refractivity contribution is 6.29. The van der Waals surface area contributed by atoms with Gasteiger partial charge in [-0.05, 0) is 58.7 Å². The van der Waals surface area contributed by atoms with E-state index in [9.17, 15) is 29.4 Å². The molecule has 2 aliphatic heterocycles. The molecule has 6 aromatic carbocycles. The van der Waals surface area contributed by atoms with Gasteiger partial charge in [0.1, 0.15) is 11.4 Å². The van der Waals surface area contributed by atoms with Crippen LogP contribution in [0.15, 0.2) is 206 Å². The SMILES string of the molecule is NCCO.O=C(NCCO)C1=C(c2ccc3ncccc3c2)C(=O)n2nc(-c3ccccc3)c(-c3ccccc3)c2C1.O=C(O)C1=C(c2ccc3ncccc3c2)C(=O)n2nc(-c3ccccc3)c(-c3ccccc3)c2C1. The predicted molar refractivity (Wildman–Crippen MR) is 296 cm³/mol. The van der Waals surface area contributed by atoms with E-state index in [1.807, 2.05) is 170 Å². The predicted octanol–water partition coefficient (Wildman–Crippen LogP) is 8.96. The number of pyridine rings is 2. The second kappa shape index (κ2) is 22.8. The van der Waals surface area contributed by atoms with Crippen molar-refractivity contribution in [1.29, 1.82) is 0 Å². The van der Waals surface area contributed by atoms with Crippen LogP contribution in [0.1, 0.15) is 32.1 Å². The summed E-state index contributed by atoms with van der Waals surface area (Å²) in [5.41, 5.74) is 16.0. The highest BCUT2D eigenvalue weighted by Crippen LogP contribution is 2.42. The van der Waals surface area contributed by atoms with Crippen molar-refractivity contribution < 1.29 is 34.5 Å². The highest BCUT2D eigenvalue weighted by Gasteiger charge is 2.37. The van der Waals surface area contributed by atoms with Gasteiger partial charge >= 0.3 is 5.97 Å². The molecule has 0 unspecified atom stereocenters. The van der Waals surface area contributed by atoms with Crippen LogP contribution < -0.4 is 11.1 Å². The number of nitrogens with one attached hydrogen (secondary N) is 1. The molecule has 15 heteroatoms. The molecule has 0 fully saturated rings. The summed E-state index contributed by atoms with van der Waals surface area (Å²) in [6.07, 6.45) is 3.69. The van der Waals surface area contributed by atoms with Crippen LogP contribution >= 0.6 is 0 Å². The van der Waals surface area contributed by atoms with E-state index in [4.69, 9.17) is 21.0 Å². The lowest BCUT2D eigenvalue weighted by molar-refractivity contribution is -0.132. The number of fused-ring (bicyclic) bond motifs is 4. The molecule has 0 bridgehead atoms. The Balaban J connectivity index is 0.000000164. The number of carbonyl (C=O) groups excluding carboxylic acids is 3. The third-order valence-corrected chi connectivity index (χ3v) is 13.1. The Labute approximate surface area is 441 Å². The van der Waals surface area contributed by atoms with Crippen LogP contribution in [-0.4, -0.2) is 94.8 Å². The molecule has 0 radical (unpaired) electrons. The maximum absolute atomic E-state index is 14.2. The number of aliphatic carboxylic acids is 1. The van der Waals surface area contributed by atoms with Crippen molar-refractivity contribution in [3.05, 3.63) is 228 Å². The first-order valence-electron chi connectivity index (χ1n) is 24.8. The maximum Gasteiger partial charge on any atom is 0.332 e. The van der Waals surface area contributed by atoms with Gasteiger partial charge in [-0.1, -0.05) is 146 Å². The third kappa shape index (κ3) is 10.2. The molecule has 4 aromatic heterocycles. The molecule has 0 saturated carbocycles. The number of aliphatic hydroxyl groups excluding tert-OH is 2. The van der Waals surface area contributed by atoms with Crippen molar-refractivity contribution in [2.24, 2.45) is 5.73 Å². The van der Waals surface area contributed by atoms with Crippen molar-refractivity contribution in [3.63, 3.8) is 0 Å². The molecule has 0 saturated heterocycles. The lowest BCUT2D eigenvalue weighted by Crippen LogP contribution is -2.34. The van der Waals surface area contributed by atoms with E-state index in [0.29, 0.717) is 51.6 Å². The summed E-state index contributed by atoms with van der Waals surface area (Å²) in [6, 6.07) is 57.1. The molecule has 6 heterocycles. The van der Waals surface area contributed by atoms with E-state index < -0.39 is 11.9 Å². The standard InChI is InChI=1S/C31H24N4O3.C29H19N3O3.C2H7NO/c36-17-16-33-30(37)24-19-26-28(20-8-3-1-4-9-20)29(21-10-5-2-6-11-21)34-35(26)31(38)27(24)23-13-14-25-22(18-23)12-7-15-32-25;33-28-25(21-13-14-23-20(16-21)12-7-15-30-23)22(29(34)35)17-24-26(18-8-3-1-4-9-18)27(31-32(24)28)19-10-5-2-6-11-19;3-1-2-4/h1-15,18,36H,16-17,19H2,(H,33,37);1-16H,17H2,(H,34,35);4H,1-3H2. The molecule has 380 valence electrons. The summed E-state index contributed by atoms with van der Waals surface area (Å²) in [6.45, 7) is 0.362. The Bertz CT molecular complexity index is 3910. The van der Waals surface area contributed by atoms with Gasteiger partial charge in [-0.3, -0.25) is 24.4 Å². The molecule has 2 aliphatic rings. The van der Waals surface area contributed by atoms with Gasteiger partial charge in [0.2, 0.25) is 5.91 Å². The van der Waals surface area contributed by atoms with E-state index in [-0.39, 0.29) is 55.6 Å². The van der Waals surface area contributed by atoms with Gasteiger partial charge in [-0.25, -0.2) is 4.79 Å². The van der Waals surface area contributed by atoms with Crippen molar-refractivity contribution in [2.45, 2.75) is 12.8 Å². The zero-order chi connectivity index (χ0) is 53.4. The first-order chi connectivity index (χ1) is 37.7. The van der Waals surface area contributed by atoms with E-state index in [1.165, 1.54) is 9.36 Å². The molecular formula is C62H50N8O7. The fourth-order valence-corrected chi connectivity index (χ4v) is 9.67. The van der Waals surface area contributed by atoms with Crippen molar-refractivity contribution in [3.8, 4) is 44.8 Å². The molecule has 0 atom stereocenters. The number of carbonyl (C=O) groups is 4. The minimum Gasteiger partial charge on any atom is -0.478 e. The molecule has 12 rings (SSSR count). The zero-order valence-electron chi connectivity index (χ0n) is 41.5. The van der Waals surface area contributed by atoms with Crippen LogP contribution in [0.2, 0.25) is 0 Å². The van der Waals surface area contributed by atoms with Crippen LogP contribution in [0.25, 0.3) is 77.7 Å². The van der Waals surface area contributed by atoms with Gasteiger partial charge in [-0.2, -0.15) is 19.6 Å². The third-order valence-electron chi connectivity index (χ3n) is 13.1. The summed E-state index contributed by atoms with van der Waals surface area (Å²) in [7, 11) is 0. The number of aliphatic hydroxyl groups is 2. The molecular weight excluding hydrogens is 969 g/mol. The number of allylic oxidation sites excluding steroid dienone is 2. The highest BCUT2D eigenvalue weighted by atomic mass is 16.4. The Hall–Kier alpha value is -9.80. The lowest BCUT2D eigenvalue weighted by atomic mass is 9.89. The zero-order valence-corrected chi connectivity index (χ0v) is 41.5. The number of carboxylic acids is 1. The number of nitrogens with two attached hydrogens (primary N) is 1. The Morgan fingerprint density at radius 1 is 0.506 bits per heavy atom. The number of hydrogen-bond donors (Lipinski definition) is 5. The molecule has 15 nitrogen and oxygen atoms in total. The van der Waals surface area contributed by atoms with Gasteiger partial charge in [0.15, 0.2) is 0 Å². The number of rotatable bonds is 11. The first-order valence-corrected chi connectivity index (χ1v) is 24.8.